The van der Waals surface area contributed by atoms with Crippen molar-refractivity contribution in [1.82, 2.24) is 15.8 Å². The van der Waals surface area contributed by atoms with Crippen molar-refractivity contribution in [2.24, 2.45) is 11.3 Å². The third kappa shape index (κ3) is 4.61. The number of nitrogens with one attached hydrogen (secondary N) is 2. The minimum absolute atomic E-state index is 0.00170. The number of hydrazine groups is 1. The average molecular weight is 440 g/mol. The normalized spacial score (nSPS) is 27.5. The Hall–Kier alpha value is -1.64. The zero-order chi connectivity index (χ0) is 22.2. The summed E-state index contributed by atoms with van der Waals surface area (Å²) in [5.74, 6) is 0.146. The van der Waals surface area contributed by atoms with Gasteiger partial charge in [0, 0.05) is 31.8 Å². The summed E-state index contributed by atoms with van der Waals surface area (Å²) in [4.78, 5) is 13.7. The van der Waals surface area contributed by atoms with Crippen molar-refractivity contribution in [2.75, 3.05) is 13.2 Å². The van der Waals surface area contributed by atoms with Crippen LogP contribution in [0.2, 0.25) is 0 Å². The van der Waals surface area contributed by atoms with E-state index in [0.29, 0.717) is 18.2 Å². The van der Waals surface area contributed by atoms with Crippen LogP contribution in [0.1, 0.15) is 62.6 Å². The molecule has 1 saturated carbocycles. The molecule has 1 aromatic carbocycles. The first kappa shape index (κ1) is 22.6. The summed E-state index contributed by atoms with van der Waals surface area (Å²) in [5.41, 5.74) is 3.35. The number of hydrogen-bond donors (Lipinski definition) is 2. The maximum atomic E-state index is 13.7. The highest BCUT2D eigenvalue weighted by atomic mass is 19.4. The molecule has 2 heterocycles. The Balaban J connectivity index is 1.48. The van der Waals surface area contributed by atoms with E-state index in [2.05, 4.69) is 24.6 Å². The fraction of sp³-hybridized carbons (Fsp3) is 0.696. The van der Waals surface area contributed by atoms with Gasteiger partial charge in [-0.25, -0.2) is 5.43 Å². The highest BCUT2D eigenvalue weighted by Gasteiger charge is 2.50. The highest BCUT2D eigenvalue weighted by molar-refractivity contribution is 5.83. The summed E-state index contributed by atoms with van der Waals surface area (Å²) < 4.78 is 44.9. The van der Waals surface area contributed by atoms with Gasteiger partial charge in [-0.2, -0.15) is 13.2 Å². The van der Waals surface area contributed by atoms with Crippen molar-refractivity contribution in [2.45, 2.75) is 77.3 Å². The minimum atomic E-state index is -4.39. The van der Waals surface area contributed by atoms with Crippen molar-refractivity contribution < 1.29 is 22.7 Å². The van der Waals surface area contributed by atoms with Gasteiger partial charge in [0.1, 0.15) is 0 Å². The molecule has 3 aliphatic rings. The summed E-state index contributed by atoms with van der Waals surface area (Å²) in [5, 5.41) is 5.28. The van der Waals surface area contributed by atoms with E-state index in [-0.39, 0.29) is 24.4 Å². The third-order valence-electron chi connectivity index (χ3n) is 7.34. The van der Waals surface area contributed by atoms with Gasteiger partial charge in [0.15, 0.2) is 0 Å². The number of nitrogens with zero attached hydrogens (tertiary/aromatic N) is 1. The van der Waals surface area contributed by atoms with Crippen molar-refractivity contribution in [1.29, 1.82) is 0 Å². The van der Waals surface area contributed by atoms with E-state index in [0.717, 1.165) is 56.9 Å². The fourth-order valence-corrected chi connectivity index (χ4v) is 5.32. The Bertz CT molecular complexity index is 808. The fourth-order valence-electron chi connectivity index (χ4n) is 5.32. The minimum Gasteiger partial charge on any atom is -0.381 e. The first-order valence-corrected chi connectivity index (χ1v) is 11.3. The van der Waals surface area contributed by atoms with Gasteiger partial charge in [-0.1, -0.05) is 19.9 Å². The quantitative estimate of drug-likeness (QED) is 0.744. The van der Waals surface area contributed by atoms with E-state index >= 15 is 0 Å². The Morgan fingerprint density at radius 2 is 1.94 bits per heavy atom. The molecule has 1 aliphatic carbocycles. The maximum absolute atomic E-state index is 13.7. The third-order valence-corrected chi connectivity index (χ3v) is 7.34. The summed E-state index contributed by atoms with van der Waals surface area (Å²) in [6, 6.07) is 4.51. The summed E-state index contributed by atoms with van der Waals surface area (Å²) >= 11 is 0. The molecule has 0 aromatic heterocycles. The zero-order valence-corrected chi connectivity index (χ0v) is 18.2. The van der Waals surface area contributed by atoms with Gasteiger partial charge in [-0.3, -0.25) is 9.80 Å². The first-order valence-electron chi connectivity index (χ1n) is 11.3. The van der Waals surface area contributed by atoms with Gasteiger partial charge in [0.25, 0.3) is 0 Å². The van der Waals surface area contributed by atoms with Gasteiger partial charge in [0.2, 0.25) is 5.91 Å². The molecule has 1 saturated heterocycles. The van der Waals surface area contributed by atoms with Crippen LogP contribution in [0.3, 0.4) is 0 Å². The number of halogens is 3. The Labute approximate surface area is 181 Å². The maximum Gasteiger partial charge on any atom is 0.416 e. The van der Waals surface area contributed by atoms with Crippen molar-refractivity contribution in [3.63, 3.8) is 0 Å². The number of alkyl halides is 3. The molecule has 172 valence electrons. The zero-order valence-electron chi connectivity index (χ0n) is 18.2. The van der Waals surface area contributed by atoms with Gasteiger partial charge < -0.3 is 10.1 Å². The monoisotopic (exact) mass is 439 g/mol. The van der Waals surface area contributed by atoms with E-state index < -0.39 is 17.2 Å². The molecule has 0 bridgehead atoms. The summed E-state index contributed by atoms with van der Waals surface area (Å²) in [6.07, 6.45) is 0.0785. The van der Waals surface area contributed by atoms with Gasteiger partial charge in [-0.15, -0.1) is 0 Å². The first-order chi connectivity index (χ1) is 14.7. The van der Waals surface area contributed by atoms with Crippen LogP contribution >= 0.6 is 0 Å². The number of fused-ring (bicyclic) bond motifs is 1. The van der Waals surface area contributed by atoms with Crippen LogP contribution in [-0.2, 0) is 28.8 Å². The largest absolute Gasteiger partial charge is 0.416 e. The van der Waals surface area contributed by atoms with Gasteiger partial charge in [0.05, 0.1) is 17.5 Å². The van der Waals surface area contributed by atoms with Gasteiger partial charge >= 0.3 is 6.18 Å². The molecule has 5 nitrogen and oxygen atoms in total. The molecule has 0 unspecified atom stereocenters. The van der Waals surface area contributed by atoms with Gasteiger partial charge in [-0.05, 0) is 61.3 Å². The summed E-state index contributed by atoms with van der Waals surface area (Å²) in [7, 11) is 0. The number of rotatable bonds is 4. The predicted molar refractivity (Wildman–Crippen MR) is 111 cm³/mol. The molecule has 2 aliphatic heterocycles. The lowest BCUT2D eigenvalue weighted by atomic mass is 9.74. The van der Waals surface area contributed by atoms with Crippen LogP contribution in [0, 0.1) is 11.3 Å². The number of carbonyl (C=O) groups excluding carboxylic acids is 1. The molecule has 2 atom stereocenters. The molecule has 4 rings (SSSR count). The van der Waals surface area contributed by atoms with Crippen LogP contribution in [0.15, 0.2) is 18.2 Å². The lowest BCUT2D eigenvalue weighted by molar-refractivity contribution is -0.150. The number of carbonyl (C=O) groups is 1. The Morgan fingerprint density at radius 1 is 1.19 bits per heavy atom. The predicted octanol–water partition coefficient (Wildman–Crippen LogP) is 4.02. The second-order valence-electron chi connectivity index (χ2n) is 9.51. The van der Waals surface area contributed by atoms with E-state index in [1.165, 1.54) is 12.1 Å². The second-order valence-corrected chi connectivity index (χ2v) is 9.51. The topological polar surface area (TPSA) is 53.6 Å². The Morgan fingerprint density at radius 3 is 2.61 bits per heavy atom. The standard InChI is InChI=1S/C23H32F3N3O2/c1-15(2)22(8-5-20(12-22)28-19-6-9-31-10-7-19)21(30)29-14-17-11-18(23(24,25)26)4-3-16(17)13-27-29/h3-4,11,15,19-20,27-28H,5-10,12-14H2,1-2H3/t20-,22+/m1/s1. The number of hydrogen-bond acceptors (Lipinski definition) is 4. The molecular weight excluding hydrogens is 407 g/mol. The van der Waals surface area contributed by atoms with E-state index in [4.69, 9.17) is 4.74 Å². The molecule has 0 radical (unpaired) electrons. The van der Waals surface area contributed by atoms with Crippen molar-refractivity contribution in [3.05, 3.63) is 34.9 Å². The SMILES string of the molecule is CC(C)[C@]1(C(=O)N2Cc3cc(C(F)(F)F)ccc3CN2)CC[C@@H](NC2CCOCC2)C1. The molecular formula is C23H32F3N3O2. The highest BCUT2D eigenvalue weighted by Crippen LogP contribution is 2.46. The van der Waals surface area contributed by atoms with E-state index in [1.807, 2.05) is 0 Å². The van der Waals surface area contributed by atoms with Crippen LogP contribution < -0.4 is 10.7 Å². The lowest BCUT2D eigenvalue weighted by Crippen LogP contribution is -2.53. The smallest absolute Gasteiger partial charge is 0.381 e. The molecule has 2 fully saturated rings. The lowest BCUT2D eigenvalue weighted by Gasteiger charge is -2.40. The number of ether oxygens (including phenoxy) is 1. The van der Waals surface area contributed by atoms with Crippen molar-refractivity contribution >= 4 is 5.91 Å². The average Bonchev–Trinajstić information content (AvgIpc) is 3.17. The molecule has 8 heteroatoms. The van der Waals surface area contributed by atoms with Crippen LogP contribution in [0.25, 0.3) is 0 Å². The Kier molecular flexibility index (Phi) is 6.34. The summed E-state index contributed by atoms with van der Waals surface area (Å²) in [6.45, 7) is 6.22. The van der Waals surface area contributed by atoms with Crippen LogP contribution in [0.5, 0.6) is 0 Å². The number of amides is 1. The molecule has 2 N–H and O–H groups in total. The van der Waals surface area contributed by atoms with E-state index in [1.54, 1.807) is 5.01 Å². The second kappa shape index (κ2) is 8.71. The molecule has 0 spiro atoms. The molecule has 31 heavy (non-hydrogen) atoms. The molecule has 1 amide bonds. The van der Waals surface area contributed by atoms with Crippen molar-refractivity contribution in [3.8, 4) is 0 Å². The molecule has 1 aromatic rings. The number of benzene rings is 1. The van der Waals surface area contributed by atoms with E-state index in [9.17, 15) is 18.0 Å². The van der Waals surface area contributed by atoms with Crippen LogP contribution in [-0.4, -0.2) is 36.2 Å². The van der Waals surface area contributed by atoms with Crippen LogP contribution in [0.4, 0.5) is 13.2 Å².